The minimum atomic E-state index is -0.514. The van der Waals surface area contributed by atoms with Crippen LogP contribution in [0.3, 0.4) is 0 Å². The van der Waals surface area contributed by atoms with Crippen LogP contribution >= 0.6 is 11.3 Å². The second kappa shape index (κ2) is 8.32. The lowest BCUT2D eigenvalue weighted by atomic mass is 10.0. The summed E-state index contributed by atoms with van der Waals surface area (Å²) in [5.41, 5.74) is 9.87. The third-order valence-electron chi connectivity index (χ3n) is 6.53. The number of nitrogens with one attached hydrogen (secondary N) is 3. The van der Waals surface area contributed by atoms with Crippen molar-refractivity contribution in [2.24, 2.45) is 10.7 Å². The summed E-state index contributed by atoms with van der Waals surface area (Å²) in [4.78, 5) is 20.4. The molecule has 1 aliphatic heterocycles. The van der Waals surface area contributed by atoms with E-state index >= 15 is 0 Å². The topological polar surface area (TPSA) is 111 Å². The predicted octanol–water partition coefficient (Wildman–Crippen LogP) is 4.88. The lowest BCUT2D eigenvalue weighted by Gasteiger charge is -2.32. The second-order valence-corrected chi connectivity index (χ2v) is 10.3. The number of aliphatic imine (C=N–C) groups is 1. The average Bonchev–Trinajstić information content (AvgIpc) is 3.09. The summed E-state index contributed by atoms with van der Waals surface area (Å²) < 4.78 is 0. The number of nitrogens with two attached hydrogens (primary N) is 1. The molecule has 5 rings (SSSR count). The van der Waals surface area contributed by atoms with Crippen molar-refractivity contribution in [1.29, 1.82) is 0 Å². The summed E-state index contributed by atoms with van der Waals surface area (Å²) in [7, 11) is 0. The molecule has 3 aromatic rings. The number of hydrogen-bond acceptors (Lipinski definition) is 5. The number of H-pyrrole nitrogens is 1. The number of aromatic amines is 1. The van der Waals surface area contributed by atoms with Crippen molar-refractivity contribution in [2.45, 2.75) is 51.2 Å². The number of thiophene rings is 1. The third-order valence-corrected chi connectivity index (χ3v) is 7.49. The molecular weight excluding hydrogens is 446 g/mol. The van der Waals surface area contributed by atoms with E-state index in [2.05, 4.69) is 44.5 Å². The van der Waals surface area contributed by atoms with Gasteiger partial charge in [-0.3, -0.25) is 5.10 Å². The molecule has 2 amide bonds. The number of amides is 2. The normalized spacial score (nSPS) is 20.7. The van der Waals surface area contributed by atoms with E-state index < -0.39 is 5.54 Å². The summed E-state index contributed by atoms with van der Waals surface area (Å²) in [6.45, 7) is 10.5. The number of hydrogen-bond donors (Lipinski definition) is 4. The number of rotatable bonds is 6. The van der Waals surface area contributed by atoms with Crippen molar-refractivity contribution < 1.29 is 4.79 Å². The first-order chi connectivity index (χ1) is 16.3. The summed E-state index contributed by atoms with van der Waals surface area (Å²) in [5.74, 6) is 1.54. The van der Waals surface area contributed by atoms with Crippen LogP contribution < -0.4 is 16.4 Å². The van der Waals surface area contributed by atoms with Gasteiger partial charge in [-0.05, 0) is 44.2 Å². The number of aromatic nitrogens is 2. The molecule has 2 atom stereocenters. The van der Waals surface area contributed by atoms with Crippen LogP contribution in [-0.2, 0) is 12.1 Å². The fourth-order valence-corrected chi connectivity index (χ4v) is 5.37. The summed E-state index contributed by atoms with van der Waals surface area (Å²) in [6.07, 6.45) is 0.970. The van der Waals surface area contributed by atoms with Crippen LogP contribution in [0.1, 0.15) is 54.8 Å². The van der Waals surface area contributed by atoms with Gasteiger partial charge in [0.1, 0.15) is 0 Å². The van der Waals surface area contributed by atoms with Gasteiger partial charge in [-0.1, -0.05) is 36.9 Å². The average molecular weight is 476 g/mol. The van der Waals surface area contributed by atoms with E-state index in [1.54, 1.807) is 6.92 Å². The number of carbonyl (C=O) groups is 1. The van der Waals surface area contributed by atoms with E-state index in [1.165, 1.54) is 16.9 Å². The Morgan fingerprint density at radius 2 is 2.09 bits per heavy atom. The Kier molecular flexibility index (Phi) is 5.44. The zero-order valence-electron chi connectivity index (χ0n) is 19.6. The van der Waals surface area contributed by atoms with E-state index in [0.717, 1.165) is 28.2 Å². The fraction of sp³-hybridized carbons (Fsp3) is 0.320. The third kappa shape index (κ3) is 3.96. The van der Waals surface area contributed by atoms with Gasteiger partial charge in [0, 0.05) is 17.5 Å². The number of fused-ring (bicyclic) bond motifs is 1. The van der Waals surface area contributed by atoms with Crippen molar-refractivity contribution in [3.63, 3.8) is 0 Å². The maximum atomic E-state index is 13.2. The van der Waals surface area contributed by atoms with Crippen molar-refractivity contribution in [3.8, 4) is 0 Å². The number of carbonyl (C=O) groups excluding carboxylic acids is 1. The Bertz CT molecular complexity index is 1270. The highest BCUT2D eigenvalue weighted by Gasteiger charge is 2.46. The first kappa shape index (κ1) is 22.2. The molecule has 34 heavy (non-hydrogen) atoms. The molecule has 0 bridgehead atoms. The van der Waals surface area contributed by atoms with Crippen LogP contribution in [0.4, 0.5) is 16.3 Å². The molecule has 0 saturated heterocycles. The monoisotopic (exact) mass is 475 g/mol. The summed E-state index contributed by atoms with van der Waals surface area (Å²) in [6, 6.07) is 12.4. The Hall–Kier alpha value is -3.59. The molecular formula is C25H29N7OS. The summed E-state index contributed by atoms with van der Waals surface area (Å²) in [5, 5.41) is 16.1. The van der Waals surface area contributed by atoms with Gasteiger partial charge in [-0.15, -0.1) is 11.3 Å². The van der Waals surface area contributed by atoms with Gasteiger partial charge >= 0.3 is 6.03 Å². The Morgan fingerprint density at radius 1 is 1.32 bits per heavy atom. The Balaban J connectivity index is 1.29. The number of urea groups is 1. The van der Waals surface area contributed by atoms with E-state index in [-0.39, 0.29) is 12.1 Å². The molecule has 1 aromatic carbocycles. The highest BCUT2D eigenvalue weighted by atomic mass is 32.1. The molecule has 2 aliphatic rings. The Labute approximate surface area is 203 Å². The fourth-order valence-electron chi connectivity index (χ4n) is 4.61. The van der Waals surface area contributed by atoms with Crippen LogP contribution in [-0.4, -0.2) is 33.0 Å². The first-order valence-electron chi connectivity index (χ1n) is 11.3. The molecule has 0 spiro atoms. The number of benzene rings is 1. The summed E-state index contributed by atoms with van der Waals surface area (Å²) >= 11 is 1.53. The van der Waals surface area contributed by atoms with Gasteiger partial charge < -0.3 is 21.3 Å². The van der Waals surface area contributed by atoms with Crippen LogP contribution in [0.25, 0.3) is 5.70 Å². The van der Waals surface area contributed by atoms with Crippen molar-refractivity contribution >= 4 is 40.4 Å². The molecule has 8 nitrogen and oxygen atoms in total. The molecule has 1 aliphatic carbocycles. The standard InChI is InChI=1S/C25H29N7OS/c1-14(21-19(10-11-34-21)28-15(2)26)27-23-18-13-32(25(3,4)22(18)30-31-23)24(33)29-20-12-17(20)16-8-6-5-7-9-16/h5-11,17,20H,1,12-13H2,2-4H3,(H2,26,28)(H,29,33)(H2,27,30,31)/t17-,20+/m1/s1. The first-order valence-corrected chi connectivity index (χ1v) is 12.2. The number of anilines is 1. The van der Waals surface area contributed by atoms with Crippen molar-refractivity contribution in [1.82, 2.24) is 20.4 Å². The molecule has 3 heterocycles. The molecule has 9 heteroatoms. The van der Waals surface area contributed by atoms with Crippen molar-refractivity contribution in [3.05, 3.63) is 70.1 Å². The molecule has 5 N–H and O–H groups in total. The lowest BCUT2D eigenvalue weighted by molar-refractivity contribution is 0.142. The van der Waals surface area contributed by atoms with Gasteiger partial charge in [-0.2, -0.15) is 5.10 Å². The Morgan fingerprint density at radius 3 is 2.82 bits per heavy atom. The van der Waals surface area contributed by atoms with Gasteiger partial charge in [0.25, 0.3) is 0 Å². The smallest absolute Gasteiger partial charge is 0.318 e. The van der Waals surface area contributed by atoms with E-state index in [0.29, 0.717) is 29.8 Å². The quantitative estimate of drug-likeness (QED) is 0.301. The van der Waals surface area contributed by atoms with E-state index in [1.807, 2.05) is 48.4 Å². The maximum absolute atomic E-state index is 13.2. The lowest BCUT2D eigenvalue weighted by Crippen LogP contribution is -2.47. The highest BCUT2D eigenvalue weighted by Crippen LogP contribution is 2.44. The minimum Gasteiger partial charge on any atom is -0.387 e. The van der Waals surface area contributed by atoms with Crippen LogP contribution in [0.15, 0.2) is 53.3 Å². The highest BCUT2D eigenvalue weighted by molar-refractivity contribution is 7.11. The molecule has 176 valence electrons. The number of nitrogens with zero attached hydrogens (tertiary/aromatic N) is 3. The van der Waals surface area contributed by atoms with Crippen LogP contribution in [0, 0.1) is 0 Å². The second-order valence-electron chi connectivity index (χ2n) is 9.37. The maximum Gasteiger partial charge on any atom is 0.318 e. The molecule has 0 unspecified atom stereocenters. The van der Waals surface area contributed by atoms with Crippen LogP contribution in [0.5, 0.6) is 0 Å². The van der Waals surface area contributed by atoms with Crippen molar-refractivity contribution in [2.75, 3.05) is 5.32 Å². The zero-order chi connectivity index (χ0) is 24.0. The van der Waals surface area contributed by atoms with Gasteiger partial charge in [0.15, 0.2) is 5.82 Å². The van der Waals surface area contributed by atoms with Gasteiger partial charge in [0.05, 0.1) is 39.9 Å². The molecule has 2 aromatic heterocycles. The van der Waals surface area contributed by atoms with E-state index in [4.69, 9.17) is 5.73 Å². The molecule has 1 saturated carbocycles. The number of amidine groups is 1. The molecule has 1 fully saturated rings. The van der Waals surface area contributed by atoms with Crippen LogP contribution in [0.2, 0.25) is 0 Å². The zero-order valence-corrected chi connectivity index (χ0v) is 20.4. The SMILES string of the molecule is C=C(Nc1n[nH]c2c1CN(C(=O)N[C@H]1C[C@@H]1c1ccccc1)C2(C)C)c1sccc1N=C(C)N. The molecule has 0 radical (unpaired) electrons. The predicted molar refractivity (Wildman–Crippen MR) is 137 cm³/mol. The minimum absolute atomic E-state index is 0.0592. The largest absolute Gasteiger partial charge is 0.387 e. The van der Waals surface area contributed by atoms with E-state index in [9.17, 15) is 4.79 Å². The van der Waals surface area contributed by atoms with Gasteiger partial charge in [-0.25, -0.2) is 9.79 Å². The van der Waals surface area contributed by atoms with Gasteiger partial charge in [0.2, 0.25) is 0 Å².